The van der Waals surface area contributed by atoms with Crippen LogP contribution in [0.1, 0.15) is 137 Å². The van der Waals surface area contributed by atoms with Crippen LogP contribution in [0.4, 0.5) is 0 Å². The van der Waals surface area contributed by atoms with Crippen LogP contribution in [0.15, 0.2) is 36.5 Å². The molecule has 2 atom stereocenters. The van der Waals surface area contributed by atoms with Crippen molar-refractivity contribution in [2.45, 2.75) is 137 Å². The number of hydrogen-bond acceptors (Lipinski definition) is 3. The van der Waals surface area contributed by atoms with E-state index < -0.39 is 0 Å². The van der Waals surface area contributed by atoms with Gasteiger partial charge in [-0.05, 0) is 88.4 Å². The predicted octanol–water partition coefficient (Wildman–Crippen LogP) is 9.71. The van der Waals surface area contributed by atoms with Gasteiger partial charge in [-0.1, -0.05) is 89.3 Å². The molecule has 0 aromatic rings. The van der Waals surface area contributed by atoms with Crippen molar-refractivity contribution in [1.29, 1.82) is 0 Å². The molecule has 0 amide bonds. The lowest BCUT2D eigenvalue weighted by molar-refractivity contribution is -0.143. The quantitative estimate of drug-likeness (QED) is 0.0844. The van der Waals surface area contributed by atoms with Crippen molar-refractivity contribution in [3.63, 3.8) is 0 Å². The van der Waals surface area contributed by atoms with E-state index >= 15 is 0 Å². The summed E-state index contributed by atoms with van der Waals surface area (Å²) in [7, 11) is 0. The van der Waals surface area contributed by atoms with Crippen LogP contribution >= 0.6 is 0 Å². The Kier molecular flexibility index (Phi) is 17.5. The summed E-state index contributed by atoms with van der Waals surface area (Å²) in [6.45, 7) is 13.3. The lowest BCUT2D eigenvalue weighted by Crippen LogP contribution is -2.44. The van der Waals surface area contributed by atoms with Crippen LogP contribution in [0.3, 0.4) is 0 Å². The predicted molar refractivity (Wildman–Crippen MR) is 154 cm³/mol. The summed E-state index contributed by atoms with van der Waals surface area (Å²) in [5.41, 5.74) is 1.57. The third-order valence-electron chi connectivity index (χ3n) is 7.80. The average Bonchev–Trinajstić information content (AvgIpc) is 2.82. The smallest absolute Gasteiger partial charge is 0.305 e. The first-order valence-electron chi connectivity index (χ1n) is 14.9. The zero-order chi connectivity index (χ0) is 26.7. The fraction of sp³-hybridized carbons (Fsp3) is 0.758. The Hall–Kier alpha value is -1.64. The van der Waals surface area contributed by atoms with Crippen LogP contribution in [0.25, 0.3) is 0 Å². The molecule has 0 N–H and O–H groups in total. The van der Waals surface area contributed by atoms with Crippen molar-refractivity contribution < 1.29 is 14.3 Å². The van der Waals surface area contributed by atoms with E-state index in [0.717, 1.165) is 51.4 Å². The first-order valence-corrected chi connectivity index (χ1v) is 14.9. The maximum absolute atomic E-state index is 12.0. The normalized spacial score (nSPS) is 19.0. The minimum Gasteiger partial charge on any atom is -0.466 e. The van der Waals surface area contributed by atoms with Gasteiger partial charge in [-0.15, -0.1) is 0 Å². The second-order valence-electron chi connectivity index (χ2n) is 11.6. The van der Waals surface area contributed by atoms with Crippen molar-refractivity contribution in [3.8, 4) is 0 Å². The van der Waals surface area contributed by atoms with Gasteiger partial charge < -0.3 is 9.53 Å². The molecule has 0 radical (unpaired) electrons. The SMILES string of the molecule is C=C(CCCOC(=O)CCCCCCCC=CCC=CCCCCC)[C@H]1CC(C)(C)[C@@H]1CCC(C)=O. The lowest BCUT2D eigenvalue weighted by Gasteiger charge is -2.53. The number of rotatable bonds is 22. The highest BCUT2D eigenvalue weighted by atomic mass is 16.5. The van der Waals surface area contributed by atoms with E-state index in [1.807, 2.05) is 0 Å². The molecule has 0 unspecified atom stereocenters. The second-order valence-corrected chi connectivity index (χ2v) is 11.6. The molecule has 0 heterocycles. The number of carbonyl (C=O) groups excluding carboxylic acids is 2. The molecule has 0 aliphatic heterocycles. The van der Waals surface area contributed by atoms with E-state index in [1.165, 1.54) is 50.5 Å². The van der Waals surface area contributed by atoms with E-state index in [-0.39, 0.29) is 11.8 Å². The standard InChI is InChI=1S/C33H56O3/c1-6-7-8-9-10-11-12-13-14-15-16-17-18-19-20-23-32(35)36-26-21-22-28(2)30-27-33(4,5)31(30)25-24-29(3)34/h10-11,13-14,30-31H,2,6-9,12,15-27H2,1,3-5H3/t30-,31-/m1/s1. The van der Waals surface area contributed by atoms with E-state index in [9.17, 15) is 9.59 Å². The van der Waals surface area contributed by atoms with Crippen LogP contribution in [0, 0.1) is 17.3 Å². The molecule has 0 spiro atoms. The average molecular weight is 501 g/mol. The summed E-state index contributed by atoms with van der Waals surface area (Å²) < 4.78 is 5.45. The van der Waals surface area contributed by atoms with Gasteiger partial charge in [0.15, 0.2) is 0 Å². The molecule has 0 saturated heterocycles. The Bertz CT molecular complexity index is 685. The van der Waals surface area contributed by atoms with E-state index in [1.54, 1.807) is 6.92 Å². The van der Waals surface area contributed by atoms with Crippen LogP contribution < -0.4 is 0 Å². The fourth-order valence-electron chi connectivity index (χ4n) is 5.45. The molecular weight excluding hydrogens is 444 g/mol. The maximum atomic E-state index is 12.0. The van der Waals surface area contributed by atoms with Crippen molar-refractivity contribution in [2.24, 2.45) is 17.3 Å². The molecule has 1 aliphatic rings. The second kappa shape index (κ2) is 19.5. The summed E-state index contributed by atoms with van der Waals surface area (Å²) in [5.74, 6) is 1.28. The molecule has 3 nitrogen and oxygen atoms in total. The van der Waals surface area contributed by atoms with Gasteiger partial charge in [0.2, 0.25) is 0 Å². The molecule has 1 fully saturated rings. The highest BCUT2D eigenvalue weighted by molar-refractivity contribution is 5.75. The van der Waals surface area contributed by atoms with Crippen molar-refractivity contribution in [1.82, 2.24) is 0 Å². The lowest BCUT2D eigenvalue weighted by atomic mass is 9.52. The minimum atomic E-state index is -0.0598. The van der Waals surface area contributed by atoms with Crippen LogP contribution in [0.5, 0.6) is 0 Å². The van der Waals surface area contributed by atoms with E-state index in [0.29, 0.717) is 36.7 Å². The van der Waals surface area contributed by atoms with Gasteiger partial charge >= 0.3 is 5.97 Å². The molecular formula is C33H56O3. The summed E-state index contributed by atoms with van der Waals surface area (Å²) >= 11 is 0. The number of carbonyl (C=O) groups is 2. The molecule has 1 saturated carbocycles. The first-order chi connectivity index (χ1) is 17.3. The number of ketones is 1. The molecule has 36 heavy (non-hydrogen) atoms. The van der Waals surface area contributed by atoms with E-state index in [2.05, 4.69) is 51.7 Å². The topological polar surface area (TPSA) is 43.4 Å². The highest BCUT2D eigenvalue weighted by Crippen LogP contribution is 2.55. The Morgan fingerprint density at radius 3 is 2.14 bits per heavy atom. The maximum Gasteiger partial charge on any atom is 0.305 e. The van der Waals surface area contributed by atoms with Gasteiger partial charge in [0.25, 0.3) is 0 Å². The van der Waals surface area contributed by atoms with Crippen LogP contribution in [-0.2, 0) is 14.3 Å². The van der Waals surface area contributed by atoms with Crippen LogP contribution in [0.2, 0.25) is 0 Å². The number of allylic oxidation sites excluding steroid dienone is 5. The summed E-state index contributed by atoms with van der Waals surface area (Å²) in [4.78, 5) is 23.4. The number of ether oxygens (including phenoxy) is 1. The molecule has 206 valence electrons. The van der Waals surface area contributed by atoms with Gasteiger partial charge in [0.1, 0.15) is 5.78 Å². The largest absolute Gasteiger partial charge is 0.466 e. The van der Waals surface area contributed by atoms with Crippen molar-refractivity contribution in [2.75, 3.05) is 6.61 Å². The summed E-state index contributed by atoms with van der Waals surface area (Å²) in [6, 6.07) is 0. The molecule has 1 rings (SSSR count). The highest BCUT2D eigenvalue weighted by Gasteiger charge is 2.47. The Labute approximate surface area is 223 Å². The number of esters is 1. The number of hydrogen-bond donors (Lipinski definition) is 0. The van der Waals surface area contributed by atoms with Crippen molar-refractivity contribution >= 4 is 11.8 Å². The van der Waals surface area contributed by atoms with Crippen LogP contribution in [-0.4, -0.2) is 18.4 Å². The Morgan fingerprint density at radius 2 is 1.50 bits per heavy atom. The van der Waals surface area contributed by atoms with Gasteiger partial charge in [-0.3, -0.25) is 4.79 Å². The van der Waals surface area contributed by atoms with Gasteiger partial charge in [0.05, 0.1) is 6.61 Å². The van der Waals surface area contributed by atoms with Gasteiger partial charge in [-0.25, -0.2) is 0 Å². The monoisotopic (exact) mass is 500 g/mol. The summed E-state index contributed by atoms with van der Waals surface area (Å²) in [6.07, 6.45) is 27.3. The van der Waals surface area contributed by atoms with Gasteiger partial charge in [0, 0.05) is 12.8 Å². The fourth-order valence-corrected chi connectivity index (χ4v) is 5.45. The molecule has 0 bridgehead atoms. The third-order valence-corrected chi connectivity index (χ3v) is 7.80. The Morgan fingerprint density at radius 1 is 0.861 bits per heavy atom. The third kappa shape index (κ3) is 14.8. The number of Topliss-reactive ketones (excluding diaryl/α,β-unsaturated/α-hetero) is 1. The Balaban J connectivity index is 1.97. The summed E-state index contributed by atoms with van der Waals surface area (Å²) in [5, 5.41) is 0. The zero-order valence-corrected chi connectivity index (χ0v) is 24.1. The van der Waals surface area contributed by atoms with E-state index in [4.69, 9.17) is 4.74 Å². The molecule has 3 heteroatoms. The zero-order valence-electron chi connectivity index (χ0n) is 24.1. The number of unbranched alkanes of at least 4 members (excludes halogenated alkanes) is 8. The molecule has 0 aromatic carbocycles. The first kappa shape index (κ1) is 32.4. The van der Waals surface area contributed by atoms with Crippen molar-refractivity contribution in [3.05, 3.63) is 36.5 Å². The molecule has 0 aromatic heterocycles. The van der Waals surface area contributed by atoms with Gasteiger partial charge in [-0.2, -0.15) is 0 Å². The molecule has 1 aliphatic carbocycles. The minimum absolute atomic E-state index is 0.0598.